The SMILES string of the molecule is Cc1ccc(N[C@H](CC(=O)c2ccccc2)C(=O)[O-])cc1Cl. The summed E-state index contributed by atoms with van der Waals surface area (Å²) in [6.07, 6.45) is -0.197. The van der Waals surface area contributed by atoms with Crippen molar-refractivity contribution in [1.82, 2.24) is 0 Å². The molecule has 0 radical (unpaired) electrons. The van der Waals surface area contributed by atoms with Crippen molar-refractivity contribution in [2.45, 2.75) is 19.4 Å². The largest absolute Gasteiger partial charge is 0.548 e. The third-order valence-corrected chi connectivity index (χ3v) is 3.69. The number of hydrogen-bond donors (Lipinski definition) is 1. The van der Waals surface area contributed by atoms with Gasteiger partial charge in [-0.25, -0.2) is 0 Å². The van der Waals surface area contributed by atoms with E-state index in [4.69, 9.17) is 11.6 Å². The molecule has 0 spiro atoms. The number of rotatable bonds is 6. The number of ketones is 1. The van der Waals surface area contributed by atoms with Gasteiger partial charge < -0.3 is 15.2 Å². The Morgan fingerprint density at radius 3 is 2.45 bits per heavy atom. The molecule has 0 saturated heterocycles. The summed E-state index contributed by atoms with van der Waals surface area (Å²) < 4.78 is 0. The molecule has 5 heteroatoms. The van der Waals surface area contributed by atoms with Crippen molar-refractivity contribution < 1.29 is 14.7 Å². The monoisotopic (exact) mass is 316 g/mol. The molecule has 0 bridgehead atoms. The molecule has 0 saturated carbocycles. The van der Waals surface area contributed by atoms with Gasteiger partial charge in [-0.2, -0.15) is 0 Å². The predicted octanol–water partition coefficient (Wildman–Crippen LogP) is 2.45. The standard InChI is InChI=1S/C17H16ClNO3/c1-11-7-8-13(9-14(11)18)19-15(17(21)22)10-16(20)12-5-3-2-4-6-12/h2-9,15,19H,10H2,1H3,(H,21,22)/p-1/t15-/m1/s1. The molecule has 2 aromatic carbocycles. The van der Waals surface area contributed by atoms with Crippen LogP contribution in [0.2, 0.25) is 5.02 Å². The minimum Gasteiger partial charge on any atom is -0.548 e. The van der Waals surface area contributed by atoms with Crippen molar-refractivity contribution >= 4 is 29.0 Å². The molecule has 114 valence electrons. The molecule has 0 heterocycles. The van der Waals surface area contributed by atoms with Crippen LogP contribution in [0.15, 0.2) is 48.5 Å². The van der Waals surface area contributed by atoms with Crippen LogP contribution in [0, 0.1) is 6.92 Å². The van der Waals surface area contributed by atoms with E-state index in [0.29, 0.717) is 16.3 Å². The molecule has 0 aromatic heterocycles. The van der Waals surface area contributed by atoms with Gasteiger partial charge in [-0.1, -0.05) is 48.0 Å². The van der Waals surface area contributed by atoms with E-state index in [1.165, 1.54) is 0 Å². The lowest BCUT2D eigenvalue weighted by atomic mass is 10.0. The van der Waals surface area contributed by atoms with Crippen LogP contribution in [0.25, 0.3) is 0 Å². The fourth-order valence-electron chi connectivity index (χ4n) is 2.00. The number of carbonyl (C=O) groups excluding carboxylic acids is 2. The predicted molar refractivity (Wildman–Crippen MR) is 84.0 cm³/mol. The molecule has 0 aliphatic rings. The van der Waals surface area contributed by atoms with Crippen LogP contribution >= 0.6 is 11.6 Å². The Bertz CT molecular complexity index is 686. The van der Waals surface area contributed by atoms with Crippen molar-refractivity contribution in [3.8, 4) is 0 Å². The highest BCUT2D eigenvalue weighted by Crippen LogP contribution is 2.21. The maximum Gasteiger partial charge on any atom is 0.165 e. The summed E-state index contributed by atoms with van der Waals surface area (Å²) in [5.41, 5.74) is 1.89. The highest BCUT2D eigenvalue weighted by Gasteiger charge is 2.16. The van der Waals surface area contributed by atoms with Gasteiger partial charge in [0.15, 0.2) is 5.78 Å². The molecular formula is C17H15ClNO3-. The van der Waals surface area contributed by atoms with Crippen molar-refractivity contribution in [3.05, 3.63) is 64.7 Å². The van der Waals surface area contributed by atoms with E-state index in [1.807, 2.05) is 6.92 Å². The van der Waals surface area contributed by atoms with E-state index in [1.54, 1.807) is 48.5 Å². The topological polar surface area (TPSA) is 69.2 Å². The summed E-state index contributed by atoms with van der Waals surface area (Å²) in [5.74, 6) is -1.60. The minimum absolute atomic E-state index is 0.197. The van der Waals surface area contributed by atoms with Gasteiger partial charge in [0.05, 0.1) is 12.0 Å². The van der Waals surface area contributed by atoms with Crippen LogP contribution in [0.5, 0.6) is 0 Å². The van der Waals surface area contributed by atoms with Crippen LogP contribution in [-0.4, -0.2) is 17.8 Å². The number of carboxylic acids is 1. The lowest BCUT2D eigenvalue weighted by Gasteiger charge is -2.20. The Morgan fingerprint density at radius 1 is 1.18 bits per heavy atom. The van der Waals surface area contributed by atoms with Crippen LogP contribution in [0.3, 0.4) is 0 Å². The van der Waals surface area contributed by atoms with Gasteiger partial charge in [-0.3, -0.25) is 4.79 Å². The highest BCUT2D eigenvalue weighted by molar-refractivity contribution is 6.31. The molecule has 0 aliphatic carbocycles. The van der Waals surface area contributed by atoms with Crippen LogP contribution in [0.1, 0.15) is 22.3 Å². The number of hydrogen-bond acceptors (Lipinski definition) is 4. The van der Waals surface area contributed by atoms with E-state index in [0.717, 1.165) is 5.56 Å². The number of carbonyl (C=O) groups is 2. The van der Waals surface area contributed by atoms with Gasteiger partial charge in [-0.05, 0) is 24.6 Å². The van der Waals surface area contributed by atoms with Crippen molar-refractivity contribution in [2.75, 3.05) is 5.32 Å². The smallest absolute Gasteiger partial charge is 0.165 e. The number of anilines is 1. The molecule has 2 aromatic rings. The number of aliphatic carboxylic acids is 1. The first-order chi connectivity index (χ1) is 10.5. The molecule has 0 aliphatic heterocycles. The third-order valence-electron chi connectivity index (χ3n) is 3.28. The lowest BCUT2D eigenvalue weighted by Crippen LogP contribution is -2.42. The number of nitrogens with one attached hydrogen (secondary N) is 1. The molecule has 0 unspecified atom stereocenters. The fraction of sp³-hybridized carbons (Fsp3) is 0.176. The van der Waals surface area contributed by atoms with Gasteiger partial charge in [0.2, 0.25) is 0 Å². The summed E-state index contributed by atoms with van der Waals surface area (Å²) in [6, 6.07) is 12.5. The maximum absolute atomic E-state index is 12.1. The average molecular weight is 317 g/mol. The van der Waals surface area contributed by atoms with E-state index in [2.05, 4.69) is 5.32 Å². The Kier molecular flexibility index (Phi) is 5.17. The van der Waals surface area contributed by atoms with Gasteiger partial charge >= 0.3 is 0 Å². The Hall–Kier alpha value is -2.33. The van der Waals surface area contributed by atoms with E-state index in [-0.39, 0.29) is 12.2 Å². The van der Waals surface area contributed by atoms with Crippen LogP contribution in [0.4, 0.5) is 5.69 Å². The normalized spacial score (nSPS) is 11.7. The van der Waals surface area contributed by atoms with E-state index >= 15 is 0 Å². The van der Waals surface area contributed by atoms with Gasteiger partial charge in [0.25, 0.3) is 0 Å². The summed E-state index contributed by atoms with van der Waals surface area (Å²) in [6.45, 7) is 1.85. The second kappa shape index (κ2) is 7.09. The lowest BCUT2D eigenvalue weighted by molar-refractivity contribution is -0.306. The second-order valence-electron chi connectivity index (χ2n) is 4.97. The fourth-order valence-corrected chi connectivity index (χ4v) is 2.18. The molecular weight excluding hydrogens is 302 g/mol. The quantitative estimate of drug-likeness (QED) is 0.831. The molecule has 1 N–H and O–H groups in total. The summed E-state index contributed by atoms with van der Waals surface area (Å²) >= 11 is 6.01. The van der Waals surface area contributed by atoms with Gasteiger partial charge in [0, 0.05) is 22.7 Å². The van der Waals surface area contributed by atoms with Crippen molar-refractivity contribution in [3.63, 3.8) is 0 Å². The highest BCUT2D eigenvalue weighted by atomic mass is 35.5. The number of benzene rings is 2. The molecule has 0 amide bonds. The maximum atomic E-state index is 12.1. The van der Waals surface area contributed by atoms with Gasteiger partial charge in [0.1, 0.15) is 0 Å². The van der Waals surface area contributed by atoms with Crippen LogP contribution < -0.4 is 10.4 Å². The van der Waals surface area contributed by atoms with Crippen LogP contribution in [-0.2, 0) is 4.79 Å². The first kappa shape index (κ1) is 16.0. The Balaban J connectivity index is 2.12. The number of aryl methyl sites for hydroxylation is 1. The first-order valence-electron chi connectivity index (χ1n) is 6.79. The average Bonchev–Trinajstić information content (AvgIpc) is 2.51. The number of Topliss-reactive ketones (excluding diaryl/α,β-unsaturated/α-hetero) is 1. The second-order valence-corrected chi connectivity index (χ2v) is 5.38. The zero-order chi connectivity index (χ0) is 16.1. The Labute approximate surface area is 133 Å². The van der Waals surface area contributed by atoms with Crippen molar-refractivity contribution in [1.29, 1.82) is 0 Å². The third kappa shape index (κ3) is 4.09. The molecule has 22 heavy (non-hydrogen) atoms. The zero-order valence-electron chi connectivity index (χ0n) is 12.0. The van der Waals surface area contributed by atoms with E-state index < -0.39 is 12.0 Å². The van der Waals surface area contributed by atoms with E-state index in [9.17, 15) is 14.7 Å². The molecule has 0 fully saturated rings. The summed E-state index contributed by atoms with van der Waals surface area (Å²) in [7, 11) is 0. The van der Waals surface area contributed by atoms with Crippen molar-refractivity contribution in [2.24, 2.45) is 0 Å². The molecule has 1 atom stereocenters. The zero-order valence-corrected chi connectivity index (χ0v) is 12.8. The molecule has 4 nitrogen and oxygen atoms in total. The van der Waals surface area contributed by atoms with Gasteiger partial charge in [-0.15, -0.1) is 0 Å². The molecule has 2 rings (SSSR count). The Morgan fingerprint density at radius 2 is 1.86 bits per heavy atom. The summed E-state index contributed by atoms with van der Waals surface area (Å²) in [4.78, 5) is 23.4. The number of carboxylic acid groups (broad SMARTS) is 1. The minimum atomic E-state index is -1.33. The summed E-state index contributed by atoms with van der Waals surface area (Å²) in [5, 5.41) is 14.6. The number of halogens is 1. The first-order valence-corrected chi connectivity index (χ1v) is 7.17.